The van der Waals surface area contributed by atoms with Crippen LogP contribution in [0.2, 0.25) is 0 Å². The standard InChI is InChI=1S/C15H24F8O3/c1-3-4-5-6-26-9-11(25)8-13(18,19)15(22,23)14(20,21)12(16,17)7-10(2)24/h10-11,24-25H,3-9H2,1-2H3. The van der Waals surface area contributed by atoms with Gasteiger partial charge >= 0.3 is 23.7 Å². The lowest BCUT2D eigenvalue weighted by atomic mass is 9.92. The van der Waals surface area contributed by atoms with Crippen LogP contribution in [0, 0.1) is 0 Å². The summed E-state index contributed by atoms with van der Waals surface area (Å²) in [5, 5.41) is 18.0. The number of unbranched alkanes of at least 4 members (excludes halogenated alkanes) is 2. The first-order valence-corrected chi connectivity index (χ1v) is 8.07. The molecule has 11 heteroatoms. The Kier molecular flexibility index (Phi) is 9.25. The molecule has 0 amide bonds. The Morgan fingerprint density at radius 3 is 1.69 bits per heavy atom. The number of aliphatic hydroxyl groups is 2. The number of hydrogen-bond acceptors (Lipinski definition) is 3. The average molecular weight is 404 g/mol. The molecule has 0 fully saturated rings. The van der Waals surface area contributed by atoms with E-state index in [1.165, 1.54) is 0 Å². The smallest absolute Gasteiger partial charge is 0.378 e. The molecule has 0 bridgehead atoms. The van der Waals surface area contributed by atoms with Gasteiger partial charge in [-0.1, -0.05) is 19.8 Å². The highest BCUT2D eigenvalue weighted by Gasteiger charge is 2.80. The average Bonchev–Trinajstić information content (AvgIpc) is 2.44. The number of halogens is 8. The predicted molar refractivity (Wildman–Crippen MR) is 77.1 cm³/mol. The van der Waals surface area contributed by atoms with Crippen molar-refractivity contribution in [3.63, 3.8) is 0 Å². The molecule has 158 valence electrons. The molecule has 0 aromatic rings. The van der Waals surface area contributed by atoms with E-state index in [2.05, 4.69) is 0 Å². The highest BCUT2D eigenvalue weighted by atomic mass is 19.4. The zero-order chi connectivity index (χ0) is 20.8. The van der Waals surface area contributed by atoms with E-state index in [4.69, 9.17) is 9.84 Å². The van der Waals surface area contributed by atoms with Gasteiger partial charge in [0.15, 0.2) is 0 Å². The van der Waals surface area contributed by atoms with Gasteiger partial charge in [-0.25, -0.2) is 0 Å². The molecule has 3 nitrogen and oxygen atoms in total. The van der Waals surface area contributed by atoms with Crippen molar-refractivity contribution in [2.24, 2.45) is 0 Å². The SMILES string of the molecule is CCCCCOCC(O)CC(F)(F)C(F)(F)C(F)(F)C(F)(F)CC(C)O. The molecule has 0 radical (unpaired) electrons. The third-order valence-corrected chi connectivity index (χ3v) is 3.56. The largest absolute Gasteiger partial charge is 0.393 e. The summed E-state index contributed by atoms with van der Waals surface area (Å²) < 4.78 is 113. The molecule has 0 aromatic carbocycles. The fourth-order valence-electron chi connectivity index (χ4n) is 2.12. The number of rotatable bonds is 13. The molecule has 2 unspecified atom stereocenters. The van der Waals surface area contributed by atoms with Gasteiger partial charge in [0.1, 0.15) is 0 Å². The van der Waals surface area contributed by atoms with Crippen LogP contribution in [0.15, 0.2) is 0 Å². The van der Waals surface area contributed by atoms with Gasteiger partial charge in [-0.3, -0.25) is 0 Å². The molecule has 0 spiro atoms. The van der Waals surface area contributed by atoms with Gasteiger partial charge in [-0.15, -0.1) is 0 Å². The first-order valence-electron chi connectivity index (χ1n) is 8.07. The Labute approximate surface area is 146 Å². The summed E-state index contributed by atoms with van der Waals surface area (Å²) in [5.41, 5.74) is 0. The van der Waals surface area contributed by atoms with Crippen molar-refractivity contribution in [1.82, 2.24) is 0 Å². The lowest BCUT2D eigenvalue weighted by Gasteiger charge is -2.37. The second-order valence-corrected chi connectivity index (χ2v) is 6.25. The van der Waals surface area contributed by atoms with E-state index >= 15 is 0 Å². The minimum Gasteiger partial charge on any atom is -0.393 e. The molecule has 0 saturated carbocycles. The Morgan fingerprint density at radius 1 is 0.808 bits per heavy atom. The first-order chi connectivity index (χ1) is 11.6. The molecule has 0 saturated heterocycles. The Balaban J connectivity index is 5.05. The van der Waals surface area contributed by atoms with Gasteiger partial charge in [0, 0.05) is 19.4 Å². The quantitative estimate of drug-likeness (QED) is 0.356. The number of ether oxygens (including phenoxy) is 1. The third kappa shape index (κ3) is 6.19. The number of hydrogen-bond donors (Lipinski definition) is 2. The van der Waals surface area contributed by atoms with E-state index < -0.39 is 55.3 Å². The number of aliphatic hydroxyl groups excluding tert-OH is 2. The highest BCUT2D eigenvalue weighted by molar-refractivity contribution is 5.04. The summed E-state index contributed by atoms with van der Waals surface area (Å²) in [7, 11) is 0. The summed E-state index contributed by atoms with van der Waals surface area (Å²) in [4.78, 5) is 0. The maximum atomic E-state index is 13.6. The van der Waals surface area contributed by atoms with E-state index in [0.717, 1.165) is 12.8 Å². The van der Waals surface area contributed by atoms with Gasteiger partial charge in [-0.2, -0.15) is 35.1 Å². The lowest BCUT2D eigenvalue weighted by molar-refractivity contribution is -0.372. The zero-order valence-electron chi connectivity index (χ0n) is 14.4. The molecule has 0 aliphatic carbocycles. The van der Waals surface area contributed by atoms with E-state index in [-0.39, 0.29) is 6.61 Å². The second kappa shape index (κ2) is 9.50. The third-order valence-electron chi connectivity index (χ3n) is 3.56. The Bertz CT molecular complexity index is 416. The van der Waals surface area contributed by atoms with Gasteiger partial charge in [0.25, 0.3) is 0 Å². The maximum absolute atomic E-state index is 13.6. The Hall–Kier alpha value is -0.680. The van der Waals surface area contributed by atoms with Crippen LogP contribution in [0.3, 0.4) is 0 Å². The van der Waals surface area contributed by atoms with E-state index in [1.807, 2.05) is 6.92 Å². The fraction of sp³-hybridized carbons (Fsp3) is 1.00. The zero-order valence-corrected chi connectivity index (χ0v) is 14.4. The van der Waals surface area contributed by atoms with Crippen molar-refractivity contribution >= 4 is 0 Å². The van der Waals surface area contributed by atoms with Gasteiger partial charge in [0.2, 0.25) is 0 Å². The predicted octanol–water partition coefficient (Wildman–Crippen LogP) is 4.26. The molecular formula is C15H24F8O3. The summed E-state index contributed by atoms with van der Waals surface area (Å²) >= 11 is 0. The van der Waals surface area contributed by atoms with Crippen LogP contribution in [0.25, 0.3) is 0 Å². The van der Waals surface area contributed by atoms with E-state index in [1.54, 1.807) is 0 Å². The molecule has 2 atom stereocenters. The van der Waals surface area contributed by atoms with Crippen molar-refractivity contribution in [2.45, 2.75) is 81.8 Å². The van der Waals surface area contributed by atoms with Crippen LogP contribution in [0.1, 0.15) is 46.0 Å². The van der Waals surface area contributed by atoms with Gasteiger partial charge in [-0.05, 0) is 13.3 Å². The molecule has 0 aliphatic rings. The van der Waals surface area contributed by atoms with E-state index in [0.29, 0.717) is 13.3 Å². The Morgan fingerprint density at radius 2 is 1.27 bits per heavy atom. The van der Waals surface area contributed by atoms with Crippen molar-refractivity contribution in [2.75, 3.05) is 13.2 Å². The van der Waals surface area contributed by atoms with Crippen LogP contribution in [0.5, 0.6) is 0 Å². The van der Waals surface area contributed by atoms with Crippen LogP contribution >= 0.6 is 0 Å². The van der Waals surface area contributed by atoms with Crippen molar-refractivity contribution in [3.8, 4) is 0 Å². The first kappa shape index (κ1) is 25.3. The van der Waals surface area contributed by atoms with Gasteiger partial charge in [0.05, 0.1) is 18.8 Å². The maximum Gasteiger partial charge on any atom is 0.378 e. The molecular weight excluding hydrogens is 380 g/mol. The van der Waals surface area contributed by atoms with Crippen LogP contribution in [-0.2, 0) is 4.74 Å². The van der Waals surface area contributed by atoms with Gasteiger partial charge < -0.3 is 14.9 Å². The monoisotopic (exact) mass is 404 g/mol. The number of alkyl halides is 8. The fourth-order valence-corrected chi connectivity index (χ4v) is 2.12. The molecule has 2 N–H and O–H groups in total. The van der Waals surface area contributed by atoms with Crippen molar-refractivity contribution < 1.29 is 50.1 Å². The highest BCUT2D eigenvalue weighted by Crippen LogP contribution is 2.55. The van der Waals surface area contributed by atoms with Crippen molar-refractivity contribution in [1.29, 1.82) is 0 Å². The molecule has 0 rings (SSSR count). The van der Waals surface area contributed by atoms with Crippen LogP contribution < -0.4 is 0 Å². The minimum atomic E-state index is -6.46. The minimum absolute atomic E-state index is 0.0372. The summed E-state index contributed by atoms with van der Waals surface area (Å²) in [6.45, 7) is 1.70. The molecule has 0 heterocycles. The molecule has 0 aromatic heterocycles. The van der Waals surface area contributed by atoms with E-state index in [9.17, 15) is 40.2 Å². The summed E-state index contributed by atoms with van der Waals surface area (Å²) in [6, 6.07) is 0. The summed E-state index contributed by atoms with van der Waals surface area (Å²) in [5.74, 6) is -24.1. The molecule has 0 aliphatic heterocycles. The second-order valence-electron chi connectivity index (χ2n) is 6.25. The van der Waals surface area contributed by atoms with Crippen molar-refractivity contribution in [3.05, 3.63) is 0 Å². The van der Waals surface area contributed by atoms with Crippen LogP contribution in [0.4, 0.5) is 35.1 Å². The summed E-state index contributed by atoms with van der Waals surface area (Å²) in [6.07, 6.45) is -6.63. The lowest BCUT2D eigenvalue weighted by Crippen LogP contribution is -2.63. The topological polar surface area (TPSA) is 49.7 Å². The molecule has 26 heavy (non-hydrogen) atoms. The normalized spacial score (nSPS) is 16.6. The van der Waals surface area contributed by atoms with Crippen LogP contribution in [-0.4, -0.2) is 59.3 Å².